The first kappa shape index (κ1) is 23.6. The van der Waals surface area contributed by atoms with Crippen molar-refractivity contribution in [1.29, 1.82) is 0 Å². The number of allylic oxidation sites excluding steroid dienone is 2. The predicted molar refractivity (Wildman–Crippen MR) is 129 cm³/mol. The Bertz CT molecular complexity index is 1070. The molecule has 6 aliphatic rings. The van der Waals surface area contributed by atoms with E-state index in [9.17, 15) is 14.7 Å². The quantitative estimate of drug-likeness (QED) is 0.468. The van der Waals surface area contributed by atoms with Crippen molar-refractivity contribution in [3.05, 3.63) is 34.9 Å². The third-order valence-electron chi connectivity index (χ3n) is 11.3. The molecule has 6 rings (SSSR count). The molecule has 6 unspecified atom stereocenters. The third-order valence-corrected chi connectivity index (χ3v) is 11.3. The molecule has 0 amide bonds. The Labute approximate surface area is 207 Å². The number of rotatable bonds is 2. The summed E-state index contributed by atoms with van der Waals surface area (Å²) in [6, 6.07) is 0. The van der Waals surface area contributed by atoms with E-state index in [4.69, 9.17) is 14.2 Å². The van der Waals surface area contributed by atoms with Crippen molar-refractivity contribution in [3.8, 4) is 0 Å². The summed E-state index contributed by atoms with van der Waals surface area (Å²) in [5.74, 6) is 1.01. The topological polar surface area (TPSA) is 82.1 Å². The van der Waals surface area contributed by atoms with Crippen LogP contribution in [0, 0.1) is 34.5 Å². The standard InChI is InChI=1S/C29H38O6/c1-15-14-24(34-25(32)16(15)2)28(4)22-10-8-19-17-6-7-20-21(30)9-11-23(31)27(20,3)18(17)12-13-29(19,22)26(33-5)35-28/h7,9,11,17-19,21-22,24,26,30H,6,8,10,12-14H2,1-5H3/t17?,18?,19?,21-,22?,24?,26?,27+,28+,29+/m0/s1. The Morgan fingerprint density at radius 1 is 1.11 bits per heavy atom. The van der Waals surface area contributed by atoms with Gasteiger partial charge in [-0.25, -0.2) is 4.79 Å². The van der Waals surface area contributed by atoms with Crippen LogP contribution in [-0.4, -0.2) is 48.1 Å². The van der Waals surface area contributed by atoms with E-state index in [-0.39, 0.29) is 41.4 Å². The maximum atomic E-state index is 13.2. The Morgan fingerprint density at radius 2 is 1.89 bits per heavy atom. The number of fused-ring (bicyclic) bond motifs is 4. The first-order valence-corrected chi connectivity index (χ1v) is 13.3. The van der Waals surface area contributed by atoms with Crippen LogP contribution in [0.4, 0.5) is 0 Å². The fraction of sp³-hybridized carbons (Fsp3) is 0.724. The number of carbonyl (C=O) groups excluding carboxylic acids is 2. The maximum Gasteiger partial charge on any atom is 0.334 e. The van der Waals surface area contributed by atoms with Crippen molar-refractivity contribution in [1.82, 2.24) is 0 Å². The van der Waals surface area contributed by atoms with Gasteiger partial charge in [-0.1, -0.05) is 11.6 Å². The summed E-state index contributed by atoms with van der Waals surface area (Å²) in [4.78, 5) is 25.9. The number of aliphatic hydroxyl groups is 1. The lowest BCUT2D eigenvalue weighted by atomic mass is 9.46. The highest BCUT2D eigenvalue weighted by atomic mass is 16.7. The SMILES string of the molecule is COC1O[C@@](C)(C2CC(C)=C(C)C(=O)O2)C2CCC3C4CC=C5[C@@H](O)C=CC(=O)[C@]5(C)C4CC[C@@]132. The number of cyclic esters (lactones) is 1. The molecule has 0 aromatic heterocycles. The molecule has 0 aromatic carbocycles. The number of hydrogen-bond acceptors (Lipinski definition) is 6. The molecule has 1 saturated heterocycles. The summed E-state index contributed by atoms with van der Waals surface area (Å²) in [5, 5.41) is 10.7. The van der Waals surface area contributed by atoms with E-state index < -0.39 is 17.1 Å². The molecule has 10 atom stereocenters. The minimum absolute atomic E-state index is 0.122. The van der Waals surface area contributed by atoms with Crippen LogP contribution in [0.2, 0.25) is 0 Å². The number of carbonyl (C=O) groups is 2. The number of ketones is 1. The maximum absolute atomic E-state index is 13.2. The zero-order valence-corrected chi connectivity index (χ0v) is 21.5. The van der Waals surface area contributed by atoms with Crippen LogP contribution >= 0.6 is 0 Å². The van der Waals surface area contributed by atoms with Crippen LogP contribution in [0.5, 0.6) is 0 Å². The van der Waals surface area contributed by atoms with Crippen molar-refractivity contribution >= 4 is 11.8 Å². The fourth-order valence-corrected chi connectivity index (χ4v) is 9.41. The van der Waals surface area contributed by atoms with Crippen LogP contribution in [0.3, 0.4) is 0 Å². The molecule has 35 heavy (non-hydrogen) atoms. The summed E-state index contributed by atoms with van der Waals surface area (Å²) in [6.45, 7) is 8.04. The van der Waals surface area contributed by atoms with Gasteiger partial charge in [0.15, 0.2) is 12.1 Å². The minimum atomic E-state index is -0.670. The lowest BCUT2D eigenvalue weighted by Gasteiger charge is -2.57. The Hall–Kier alpha value is -1.76. The van der Waals surface area contributed by atoms with E-state index >= 15 is 0 Å². The van der Waals surface area contributed by atoms with Gasteiger partial charge in [0.2, 0.25) is 0 Å². The number of aliphatic hydroxyl groups excluding tert-OH is 1. The lowest BCUT2D eigenvalue weighted by molar-refractivity contribution is -0.226. The predicted octanol–water partition coefficient (Wildman–Crippen LogP) is 4.27. The normalized spacial score (nSPS) is 50.8. The van der Waals surface area contributed by atoms with E-state index in [1.165, 1.54) is 0 Å². The van der Waals surface area contributed by atoms with Gasteiger partial charge in [-0.15, -0.1) is 0 Å². The molecule has 2 saturated carbocycles. The Balaban J connectivity index is 1.38. The third kappa shape index (κ3) is 2.82. The van der Waals surface area contributed by atoms with Gasteiger partial charge < -0.3 is 19.3 Å². The highest BCUT2D eigenvalue weighted by Crippen LogP contribution is 2.72. The zero-order valence-electron chi connectivity index (χ0n) is 21.5. The lowest BCUT2D eigenvalue weighted by Crippen LogP contribution is -2.56. The summed E-state index contributed by atoms with van der Waals surface area (Å²) in [6.07, 6.45) is 9.47. The molecule has 1 spiro atoms. The van der Waals surface area contributed by atoms with Gasteiger partial charge in [-0.2, -0.15) is 0 Å². The molecule has 0 bridgehead atoms. The van der Waals surface area contributed by atoms with Crippen LogP contribution in [0.25, 0.3) is 0 Å². The second kappa shape index (κ2) is 7.62. The van der Waals surface area contributed by atoms with Gasteiger partial charge in [-0.05, 0) is 95.3 Å². The molecule has 6 heteroatoms. The van der Waals surface area contributed by atoms with Gasteiger partial charge in [0.05, 0.1) is 11.5 Å². The van der Waals surface area contributed by atoms with E-state index in [1.54, 1.807) is 19.3 Å². The number of hydrogen-bond donors (Lipinski definition) is 1. The Kier molecular flexibility index (Phi) is 5.15. The van der Waals surface area contributed by atoms with Crippen molar-refractivity contribution in [2.45, 2.75) is 90.3 Å². The number of ether oxygens (including phenoxy) is 3. The molecule has 3 fully saturated rings. The highest BCUT2D eigenvalue weighted by molar-refractivity contribution is 5.99. The first-order valence-electron chi connectivity index (χ1n) is 13.3. The van der Waals surface area contributed by atoms with E-state index in [0.717, 1.165) is 43.3 Å². The number of methoxy groups -OCH3 is 1. The van der Waals surface area contributed by atoms with Crippen LogP contribution in [0.1, 0.15) is 66.2 Å². The minimum Gasteiger partial charge on any atom is -0.456 e. The van der Waals surface area contributed by atoms with Crippen molar-refractivity contribution < 1.29 is 28.9 Å². The van der Waals surface area contributed by atoms with Crippen LogP contribution in [-0.2, 0) is 23.8 Å². The van der Waals surface area contributed by atoms with Gasteiger partial charge >= 0.3 is 5.97 Å². The average Bonchev–Trinajstić information content (AvgIpc) is 3.34. The van der Waals surface area contributed by atoms with Gasteiger partial charge in [0, 0.05) is 30.4 Å². The van der Waals surface area contributed by atoms with Gasteiger partial charge in [0.1, 0.15) is 11.7 Å². The monoisotopic (exact) mass is 482 g/mol. The summed E-state index contributed by atoms with van der Waals surface area (Å²) in [5.41, 5.74) is 1.26. The molecular weight excluding hydrogens is 444 g/mol. The summed E-state index contributed by atoms with van der Waals surface area (Å²) >= 11 is 0. The molecular formula is C29H38O6. The summed E-state index contributed by atoms with van der Waals surface area (Å²) < 4.78 is 18.9. The fourth-order valence-electron chi connectivity index (χ4n) is 9.41. The average molecular weight is 483 g/mol. The second-order valence-corrected chi connectivity index (χ2v) is 12.3. The molecule has 2 heterocycles. The van der Waals surface area contributed by atoms with Gasteiger partial charge in [-0.3, -0.25) is 4.79 Å². The molecule has 190 valence electrons. The zero-order chi connectivity index (χ0) is 24.9. The molecule has 2 aliphatic heterocycles. The Morgan fingerprint density at radius 3 is 2.60 bits per heavy atom. The molecule has 0 radical (unpaired) electrons. The van der Waals surface area contributed by atoms with E-state index in [0.29, 0.717) is 23.8 Å². The first-order chi connectivity index (χ1) is 16.6. The van der Waals surface area contributed by atoms with Crippen LogP contribution in [0.15, 0.2) is 34.9 Å². The molecule has 0 aromatic rings. The van der Waals surface area contributed by atoms with Crippen molar-refractivity contribution in [2.24, 2.45) is 34.5 Å². The second-order valence-electron chi connectivity index (χ2n) is 12.3. The van der Waals surface area contributed by atoms with Gasteiger partial charge in [0.25, 0.3) is 0 Å². The van der Waals surface area contributed by atoms with E-state index in [1.807, 2.05) is 13.8 Å². The van der Waals surface area contributed by atoms with E-state index in [2.05, 4.69) is 19.9 Å². The highest BCUT2D eigenvalue weighted by Gasteiger charge is 2.73. The molecule has 1 N–H and O–H groups in total. The van der Waals surface area contributed by atoms with Crippen molar-refractivity contribution in [2.75, 3.05) is 7.11 Å². The number of esters is 1. The van der Waals surface area contributed by atoms with Crippen LogP contribution < -0.4 is 0 Å². The molecule has 6 nitrogen and oxygen atoms in total. The van der Waals surface area contributed by atoms with Crippen molar-refractivity contribution in [3.63, 3.8) is 0 Å². The smallest absolute Gasteiger partial charge is 0.334 e. The largest absolute Gasteiger partial charge is 0.456 e. The molecule has 4 aliphatic carbocycles. The summed E-state index contributed by atoms with van der Waals surface area (Å²) in [7, 11) is 1.73.